The molecule has 1 N–H and O–H groups in total. The van der Waals surface area contributed by atoms with Gasteiger partial charge in [0.15, 0.2) is 6.39 Å². The van der Waals surface area contributed by atoms with Gasteiger partial charge in [0.05, 0.1) is 12.1 Å². The van der Waals surface area contributed by atoms with Crippen molar-refractivity contribution in [3.63, 3.8) is 0 Å². The lowest BCUT2D eigenvalue weighted by atomic mass is 10.2. The fourth-order valence-electron chi connectivity index (χ4n) is 1.33. The SMILES string of the molecule is Cc1ccc(NC(=O)Cc2cocn2)cc1. The summed E-state index contributed by atoms with van der Waals surface area (Å²) >= 11 is 0. The molecule has 0 atom stereocenters. The van der Waals surface area contributed by atoms with Gasteiger partial charge >= 0.3 is 0 Å². The van der Waals surface area contributed by atoms with Gasteiger partial charge in [-0.05, 0) is 19.1 Å². The predicted molar refractivity (Wildman–Crippen MR) is 60.0 cm³/mol. The zero-order valence-electron chi connectivity index (χ0n) is 8.93. The number of hydrogen-bond donors (Lipinski definition) is 1. The molecule has 0 fully saturated rings. The molecule has 0 aliphatic heterocycles. The van der Waals surface area contributed by atoms with E-state index in [2.05, 4.69) is 10.3 Å². The topological polar surface area (TPSA) is 55.1 Å². The first-order valence-electron chi connectivity index (χ1n) is 4.97. The molecule has 0 unspecified atom stereocenters. The van der Waals surface area contributed by atoms with Crippen molar-refractivity contribution in [2.24, 2.45) is 0 Å². The number of oxazole rings is 1. The van der Waals surface area contributed by atoms with Crippen molar-refractivity contribution in [1.29, 1.82) is 0 Å². The summed E-state index contributed by atoms with van der Waals surface area (Å²) in [6, 6.07) is 7.64. The monoisotopic (exact) mass is 216 g/mol. The van der Waals surface area contributed by atoms with E-state index in [1.54, 1.807) is 0 Å². The first-order chi connectivity index (χ1) is 7.74. The standard InChI is InChI=1S/C12H12N2O2/c1-9-2-4-10(5-3-9)14-12(15)6-11-7-16-8-13-11/h2-5,7-8H,6H2,1H3,(H,14,15). The van der Waals surface area contributed by atoms with Gasteiger partial charge in [-0.2, -0.15) is 0 Å². The van der Waals surface area contributed by atoms with E-state index in [0.29, 0.717) is 5.69 Å². The lowest BCUT2D eigenvalue weighted by Crippen LogP contribution is -2.14. The minimum atomic E-state index is -0.0993. The highest BCUT2D eigenvalue weighted by molar-refractivity contribution is 5.91. The lowest BCUT2D eigenvalue weighted by molar-refractivity contribution is -0.115. The van der Waals surface area contributed by atoms with Crippen molar-refractivity contribution in [1.82, 2.24) is 4.98 Å². The van der Waals surface area contributed by atoms with Crippen molar-refractivity contribution in [3.8, 4) is 0 Å². The molecule has 1 aromatic heterocycles. The maximum atomic E-state index is 11.6. The van der Waals surface area contributed by atoms with Gasteiger partial charge in [-0.3, -0.25) is 4.79 Å². The van der Waals surface area contributed by atoms with Gasteiger partial charge in [0.25, 0.3) is 0 Å². The first-order valence-corrected chi connectivity index (χ1v) is 4.97. The van der Waals surface area contributed by atoms with E-state index in [0.717, 1.165) is 11.3 Å². The fraction of sp³-hybridized carbons (Fsp3) is 0.167. The predicted octanol–water partition coefficient (Wildman–Crippen LogP) is 2.16. The maximum Gasteiger partial charge on any atom is 0.230 e. The van der Waals surface area contributed by atoms with E-state index >= 15 is 0 Å². The van der Waals surface area contributed by atoms with Crippen LogP contribution in [0.5, 0.6) is 0 Å². The van der Waals surface area contributed by atoms with Crippen LogP contribution in [0.4, 0.5) is 5.69 Å². The van der Waals surface area contributed by atoms with Gasteiger partial charge in [0.2, 0.25) is 5.91 Å². The van der Waals surface area contributed by atoms with Crippen LogP contribution in [0.25, 0.3) is 0 Å². The zero-order valence-corrected chi connectivity index (χ0v) is 8.93. The molecule has 82 valence electrons. The summed E-state index contributed by atoms with van der Waals surface area (Å²) in [5.74, 6) is -0.0993. The zero-order chi connectivity index (χ0) is 11.4. The number of anilines is 1. The van der Waals surface area contributed by atoms with Gasteiger partial charge < -0.3 is 9.73 Å². The summed E-state index contributed by atoms with van der Waals surface area (Å²) in [5, 5.41) is 2.79. The molecule has 1 aromatic carbocycles. The van der Waals surface area contributed by atoms with Gasteiger partial charge in [0, 0.05) is 5.69 Å². The average molecular weight is 216 g/mol. The maximum absolute atomic E-state index is 11.6. The third kappa shape index (κ3) is 2.70. The second-order valence-electron chi connectivity index (χ2n) is 3.57. The van der Waals surface area contributed by atoms with Crippen LogP contribution in [0, 0.1) is 6.92 Å². The molecule has 0 radical (unpaired) electrons. The van der Waals surface area contributed by atoms with Crippen LogP contribution in [0.15, 0.2) is 41.3 Å². The number of hydrogen-bond acceptors (Lipinski definition) is 3. The first kappa shape index (κ1) is 10.4. The summed E-state index contributed by atoms with van der Waals surface area (Å²) in [7, 11) is 0. The molecule has 0 saturated heterocycles. The Balaban J connectivity index is 1.95. The fourth-order valence-corrected chi connectivity index (χ4v) is 1.33. The quantitative estimate of drug-likeness (QED) is 0.855. The largest absolute Gasteiger partial charge is 0.451 e. The van der Waals surface area contributed by atoms with Gasteiger partial charge in [-0.25, -0.2) is 4.98 Å². The Bertz CT molecular complexity index is 460. The van der Waals surface area contributed by atoms with E-state index in [9.17, 15) is 4.79 Å². The molecule has 0 aliphatic rings. The van der Waals surface area contributed by atoms with Crippen LogP contribution < -0.4 is 5.32 Å². The van der Waals surface area contributed by atoms with E-state index in [-0.39, 0.29) is 12.3 Å². The van der Waals surface area contributed by atoms with Crippen molar-refractivity contribution in [2.75, 3.05) is 5.32 Å². The highest BCUT2D eigenvalue weighted by atomic mass is 16.3. The van der Waals surface area contributed by atoms with Crippen LogP contribution in [0.1, 0.15) is 11.3 Å². The third-order valence-corrected chi connectivity index (χ3v) is 2.16. The summed E-state index contributed by atoms with van der Waals surface area (Å²) in [6.45, 7) is 2.00. The van der Waals surface area contributed by atoms with Crippen LogP contribution in [0.2, 0.25) is 0 Å². The number of amides is 1. The molecule has 2 aromatic rings. The number of nitrogens with zero attached hydrogens (tertiary/aromatic N) is 1. The van der Waals surface area contributed by atoms with E-state index < -0.39 is 0 Å². The lowest BCUT2D eigenvalue weighted by Gasteiger charge is -2.03. The summed E-state index contributed by atoms with van der Waals surface area (Å²) in [6.07, 6.45) is 3.01. The van der Waals surface area contributed by atoms with Crippen LogP contribution >= 0.6 is 0 Å². The molecule has 0 spiro atoms. The second-order valence-corrected chi connectivity index (χ2v) is 3.57. The Labute approximate surface area is 93.3 Å². The molecule has 1 heterocycles. The molecule has 16 heavy (non-hydrogen) atoms. The molecule has 4 heteroatoms. The van der Waals surface area contributed by atoms with E-state index in [4.69, 9.17) is 4.42 Å². The van der Waals surface area contributed by atoms with Crippen molar-refractivity contribution in [2.45, 2.75) is 13.3 Å². The number of rotatable bonds is 3. The van der Waals surface area contributed by atoms with Crippen LogP contribution in [-0.4, -0.2) is 10.9 Å². The highest BCUT2D eigenvalue weighted by Crippen LogP contribution is 2.09. The van der Waals surface area contributed by atoms with Crippen molar-refractivity contribution < 1.29 is 9.21 Å². The third-order valence-electron chi connectivity index (χ3n) is 2.16. The van der Waals surface area contributed by atoms with Gasteiger partial charge in [-0.15, -0.1) is 0 Å². The van der Waals surface area contributed by atoms with Crippen LogP contribution in [0.3, 0.4) is 0 Å². The smallest absolute Gasteiger partial charge is 0.230 e. The Kier molecular flexibility index (Phi) is 3.00. The molecule has 0 saturated carbocycles. The Morgan fingerprint density at radius 3 is 2.75 bits per heavy atom. The van der Waals surface area contributed by atoms with Crippen molar-refractivity contribution in [3.05, 3.63) is 48.2 Å². The van der Waals surface area contributed by atoms with E-state index in [1.165, 1.54) is 12.7 Å². The summed E-state index contributed by atoms with van der Waals surface area (Å²) in [4.78, 5) is 15.5. The molecule has 4 nitrogen and oxygen atoms in total. The number of aromatic nitrogens is 1. The number of carbonyl (C=O) groups excluding carboxylic acids is 1. The summed E-state index contributed by atoms with van der Waals surface area (Å²) in [5.41, 5.74) is 2.58. The Hall–Kier alpha value is -2.10. The van der Waals surface area contributed by atoms with E-state index in [1.807, 2.05) is 31.2 Å². The normalized spacial score (nSPS) is 10.1. The minimum Gasteiger partial charge on any atom is -0.451 e. The molecular weight excluding hydrogens is 204 g/mol. The Morgan fingerprint density at radius 1 is 1.38 bits per heavy atom. The Morgan fingerprint density at radius 2 is 2.12 bits per heavy atom. The minimum absolute atomic E-state index is 0.0993. The number of carbonyl (C=O) groups is 1. The molecule has 0 aliphatic carbocycles. The number of aryl methyl sites for hydroxylation is 1. The average Bonchev–Trinajstić information content (AvgIpc) is 2.74. The van der Waals surface area contributed by atoms with Gasteiger partial charge in [0.1, 0.15) is 6.26 Å². The number of benzene rings is 1. The second kappa shape index (κ2) is 4.61. The summed E-state index contributed by atoms with van der Waals surface area (Å²) < 4.78 is 4.79. The molecule has 2 rings (SSSR count). The molecule has 1 amide bonds. The highest BCUT2D eigenvalue weighted by Gasteiger charge is 2.05. The molecular formula is C12H12N2O2. The van der Waals surface area contributed by atoms with Crippen LogP contribution in [-0.2, 0) is 11.2 Å². The molecule has 0 bridgehead atoms. The van der Waals surface area contributed by atoms with Gasteiger partial charge in [-0.1, -0.05) is 17.7 Å². The number of nitrogens with one attached hydrogen (secondary N) is 1. The van der Waals surface area contributed by atoms with Crippen molar-refractivity contribution >= 4 is 11.6 Å².